The van der Waals surface area contributed by atoms with Gasteiger partial charge in [-0.15, -0.1) is 0 Å². The molecular formula is C10H13FN2O2. The van der Waals surface area contributed by atoms with Crippen LogP contribution in [-0.2, 0) is 6.42 Å². The van der Waals surface area contributed by atoms with Gasteiger partial charge in [0.15, 0.2) is 0 Å². The highest BCUT2D eigenvalue weighted by Gasteiger charge is 2.14. The van der Waals surface area contributed by atoms with Gasteiger partial charge in [0.25, 0.3) is 5.69 Å². The summed E-state index contributed by atoms with van der Waals surface area (Å²) in [5.74, 6) is -0.458. The number of hydrogen-bond donors (Lipinski definition) is 1. The van der Waals surface area contributed by atoms with E-state index in [2.05, 4.69) is 0 Å². The maximum atomic E-state index is 12.9. The maximum Gasteiger partial charge on any atom is 0.272 e. The Hall–Kier alpha value is -1.49. The zero-order chi connectivity index (χ0) is 11.4. The Morgan fingerprint density at radius 3 is 2.80 bits per heavy atom. The molecule has 1 rings (SSSR count). The minimum absolute atomic E-state index is 0.0444. The second-order valence-corrected chi connectivity index (χ2v) is 3.55. The van der Waals surface area contributed by atoms with E-state index in [1.807, 2.05) is 6.92 Å². The molecule has 0 spiro atoms. The first kappa shape index (κ1) is 11.6. The number of hydrogen-bond acceptors (Lipinski definition) is 3. The van der Waals surface area contributed by atoms with Gasteiger partial charge < -0.3 is 5.73 Å². The van der Waals surface area contributed by atoms with Crippen LogP contribution in [0.2, 0.25) is 0 Å². The Balaban J connectivity index is 2.92. The van der Waals surface area contributed by atoms with Gasteiger partial charge in [-0.05, 0) is 31.9 Å². The number of nitro groups is 1. The number of nitrogens with two attached hydrogens (primary N) is 1. The summed E-state index contributed by atoms with van der Waals surface area (Å²) >= 11 is 0. The molecule has 82 valence electrons. The van der Waals surface area contributed by atoms with Crippen LogP contribution in [0.3, 0.4) is 0 Å². The molecule has 2 N–H and O–H groups in total. The van der Waals surface area contributed by atoms with Crippen molar-refractivity contribution in [3.8, 4) is 0 Å². The minimum Gasteiger partial charge on any atom is -0.328 e. The van der Waals surface area contributed by atoms with Crippen molar-refractivity contribution in [2.75, 3.05) is 0 Å². The summed E-state index contributed by atoms with van der Waals surface area (Å²) in [5.41, 5.74) is 5.90. The monoisotopic (exact) mass is 212 g/mol. The van der Waals surface area contributed by atoms with Crippen molar-refractivity contribution in [2.45, 2.75) is 25.8 Å². The summed E-state index contributed by atoms with van der Waals surface area (Å²) in [4.78, 5) is 10.1. The smallest absolute Gasteiger partial charge is 0.272 e. The normalized spacial score (nSPS) is 12.5. The van der Waals surface area contributed by atoms with Crippen molar-refractivity contribution in [3.05, 3.63) is 39.7 Å². The van der Waals surface area contributed by atoms with Crippen LogP contribution in [0.25, 0.3) is 0 Å². The fourth-order valence-electron chi connectivity index (χ4n) is 1.32. The molecule has 0 saturated heterocycles. The van der Waals surface area contributed by atoms with E-state index in [-0.39, 0.29) is 11.7 Å². The lowest BCUT2D eigenvalue weighted by Crippen LogP contribution is -2.15. The zero-order valence-corrected chi connectivity index (χ0v) is 8.44. The van der Waals surface area contributed by atoms with Crippen molar-refractivity contribution in [2.24, 2.45) is 5.73 Å². The number of aryl methyl sites for hydroxylation is 1. The van der Waals surface area contributed by atoms with Crippen LogP contribution in [0.15, 0.2) is 18.2 Å². The second kappa shape index (κ2) is 4.84. The highest BCUT2D eigenvalue weighted by molar-refractivity contribution is 5.40. The summed E-state index contributed by atoms with van der Waals surface area (Å²) in [6.45, 7) is 1.81. The van der Waals surface area contributed by atoms with Gasteiger partial charge in [-0.2, -0.15) is 0 Å². The number of benzene rings is 1. The molecule has 0 unspecified atom stereocenters. The summed E-state index contributed by atoms with van der Waals surface area (Å²) in [6, 6.07) is 3.42. The Labute approximate surface area is 87.0 Å². The van der Waals surface area contributed by atoms with E-state index in [1.54, 1.807) is 0 Å². The zero-order valence-electron chi connectivity index (χ0n) is 8.44. The Morgan fingerprint density at radius 1 is 1.60 bits per heavy atom. The number of nitro benzene ring substituents is 1. The molecule has 0 aliphatic rings. The van der Waals surface area contributed by atoms with Crippen molar-refractivity contribution in [1.29, 1.82) is 0 Å². The molecule has 4 nitrogen and oxygen atoms in total. The molecule has 0 amide bonds. The fourth-order valence-corrected chi connectivity index (χ4v) is 1.32. The summed E-state index contributed by atoms with van der Waals surface area (Å²) in [6.07, 6.45) is 1.02. The predicted octanol–water partition coefficient (Wildman–Crippen LogP) is 2.01. The Kier molecular flexibility index (Phi) is 3.74. The number of halogens is 1. The van der Waals surface area contributed by atoms with E-state index in [0.29, 0.717) is 18.4 Å². The number of rotatable bonds is 4. The van der Waals surface area contributed by atoms with Crippen LogP contribution < -0.4 is 5.73 Å². The van der Waals surface area contributed by atoms with E-state index < -0.39 is 10.7 Å². The topological polar surface area (TPSA) is 69.2 Å². The molecule has 0 heterocycles. The first-order valence-electron chi connectivity index (χ1n) is 4.69. The molecule has 0 bridgehead atoms. The SMILES string of the molecule is C[C@H](N)CCc1cc(F)ccc1[N+](=O)[O-]. The van der Waals surface area contributed by atoms with Gasteiger partial charge in [0.05, 0.1) is 4.92 Å². The van der Waals surface area contributed by atoms with E-state index in [9.17, 15) is 14.5 Å². The second-order valence-electron chi connectivity index (χ2n) is 3.55. The van der Waals surface area contributed by atoms with Crippen molar-refractivity contribution < 1.29 is 9.31 Å². The predicted molar refractivity (Wildman–Crippen MR) is 55.0 cm³/mol. The van der Waals surface area contributed by atoms with Crippen LogP contribution in [0.5, 0.6) is 0 Å². The van der Waals surface area contributed by atoms with Gasteiger partial charge in [-0.25, -0.2) is 4.39 Å². The maximum absolute atomic E-state index is 12.9. The molecule has 1 aromatic rings. The van der Waals surface area contributed by atoms with Crippen molar-refractivity contribution in [3.63, 3.8) is 0 Å². The molecule has 0 radical (unpaired) electrons. The van der Waals surface area contributed by atoms with E-state index in [1.165, 1.54) is 12.1 Å². The van der Waals surface area contributed by atoms with Crippen LogP contribution in [0.1, 0.15) is 18.9 Å². The quantitative estimate of drug-likeness (QED) is 0.613. The van der Waals surface area contributed by atoms with Gasteiger partial charge in [0, 0.05) is 17.7 Å². The molecule has 0 saturated carbocycles. The van der Waals surface area contributed by atoms with Crippen molar-refractivity contribution >= 4 is 5.69 Å². The summed E-state index contributed by atoms with van der Waals surface area (Å²) in [5, 5.41) is 10.6. The molecule has 15 heavy (non-hydrogen) atoms. The third kappa shape index (κ3) is 3.28. The average molecular weight is 212 g/mol. The molecular weight excluding hydrogens is 199 g/mol. The largest absolute Gasteiger partial charge is 0.328 e. The Bertz CT molecular complexity index is 366. The van der Waals surface area contributed by atoms with E-state index in [0.717, 1.165) is 6.07 Å². The van der Waals surface area contributed by atoms with Crippen molar-refractivity contribution in [1.82, 2.24) is 0 Å². The minimum atomic E-state index is -0.504. The van der Waals surface area contributed by atoms with Gasteiger partial charge in [0.2, 0.25) is 0 Å². The van der Waals surface area contributed by atoms with Crippen LogP contribution >= 0.6 is 0 Å². The Morgan fingerprint density at radius 2 is 2.27 bits per heavy atom. The van der Waals surface area contributed by atoms with E-state index in [4.69, 9.17) is 5.73 Å². The lowest BCUT2D eigenvalue weighted by molar-refractivity contribution is -0.385. The average Bonchev–Trinajstić information content (AvgIpc) is 2.14. The van der Waals surface area contributed by atoms with Crippen LogP contribution in [0.4, 0.5) is 10.1 Å². The molecule has 0 aliphatic carbocycles. The standard InChI is InChI=1S/C10H13FN2O2/c1-7(12)2-3-8-6-9(11)4-5-10(8)13(14)15/h4-7H,2-3,12H2,1H3/t7-/m0/s1. The van der Waals surface area contributed by atoms with Gasteiger partial charge >= 0.3 is 0 Å². The molecule has 1 atom stereocenters. The van der Waals surface area contributed by atoms with Crippen LogP contribution in [-0.4, -0.2) is 11.0 Å². The van der Waals surface area contributed by atoms with Gasteiger partial charge in [-0.1, -0.05) is 0 Å². The fraction of sp³-hybridized carbons (Fsp3) is 0.400. The lowest BCUT2D eigenvalue weighted by atomic mass is 10.0. The van der Waals surface area contributed by atoms with E-state index >= 15 is 0 Å². The lowest BCUT2D eigenvalue weighted by Gasteiger charge is -2.05. The molecule has 0 aromatic heterocycles. The molecule has 0 aliphatic heterocycles. The molecule has 5 heteroatoms. The molecule has 1 aromatic carbocycles. The van der Waals surface area contributed by atoms with Crippen LogP contribution in [0, 0.1) is 15.9 Å². The third-order valence-corrected chi connectivity index (χ3v) is 2.11. The van der Waals surface area contributed by atoms with Gasteiger partial charge in [0.1, 0.15) is 5.82 Å². The highest BCUT2D eigenvalue weighted by Crippen LogP contribution is 2.21. The number of nitrogens with zero attached hydrogens (tertiary/aromatic N) is 1. The summed E-state index contributed by atoms with van der Waals surface area (Å²) in [7, 11) is 0. The summed E-state index contributed by atoms with van der Waals surface area (Å²) < 4.78 is 12.9. The first-order chi connectivity index (χ1) is 7.00. The first-order valence-corrected chi connectivity index (χ1v) is 4.69. The molecule has 0 fully saturated rings. The highest BCUT2D eigenvalue weighted by atomic mass is 19.1. The third-order valence-electron chi connectivity index (χ3n) is 2.11. The van der Waals surface area contributed by atoms with Gasteiger partial charge in [-0.3, -0.25) is 10.1 Å².